The second-order valence-electron chi connectivity index (χ2n) is 26.1. The molecule has 1 rings (SSSR count). The fourth-order valence-electron chi connectivity index (χ4n) is 10.7. The summed E-state index contributed by atoms with van der Waals surface area (Å²) in [5.74, 6) is -9.71. The van der Waals surface area contributed by atoms with E-state index in [4.69, 9.17) is 0 Å². The van der Waals surface area contributed by atoms with Crippen molar-refractivity contribution in [3.63, 3.8) is 0 Å². The molecule has 0 bridgehead atoms. The Hall–Kier alpha value is -6.13. The Morgan fingerprint density at radius 2 is 0.871 bits per heavy atom. The Morgan fingerprint density at radius 1 is 0.459 bits per heavy atom. The minimum Gasteiger partial charge on any atom is -0.390 e. The summed E-state index contributed by atoms with van der Waals surface area (Å²) in [5.41, 5.74) is 0. The van der Waals surface area contributed by atoms with Gasteiger partial charge in [0.15, 0.2) is 0 Å². The maximum atomic E-state index is 15.1. The fourth-order valence-corrected chi connectivity index (χ4v) is 10.7. The summed E-state index contributed by atoms with van der Waals surface area (Å²) in [6, 6.07) is -12.3. The summed E-state index contributed by atoms with van der Waals surface area (Å²) >= 11 is 0. The predicted octanol–water partition coefficient (Wildman–Crippen LogP) is 3.27. The van der Waals surface area contributed by atoms with E-state index in [1.165, 1.54) is 87.7 Å². The number of likely N-dealkylation sites (N-methyl/N-ethyl adjacent to an activating group) is 7. The lowest BCUT2D eigenvalue weighted by molar-refractivity contribution is -0.157. The average Bonchev–Trinajstić information content (AvgIpc) is 3.62. The highest BCUT2D eigenvalue weighted by Gasteiger charge is 2.45. The summed E-state index contributed by atoms with van der Waals surface area (Å²) in [6.45, 7) is 29.3. The normalized spacial score (nSPS) is 26.9. The van der Waals surface area contributed by atoms with Crippen LogP contribution in [0.5, 0.6) is 0 Å². The number of carbonyl (C=O) groups is 11. The molecule has 1 saturated heterocycles. The summed E-state index contributed by atoms with van der Waals surface area (Å²) in [4.78, 5) is 169. The lowest BCUT2D eigenvalue weighted by atomic mass is 9.91. The van der Waals surface area contributed by atoms with Crippen LogP contribution in [0.25, 0.3) is 0 Å². The van der Waals surface area contributed by atoms with Gasteiger partial charge in [0.25, 0.3) is 0 Å². The van der Waals surface area contributed by atoms with E-state index in [-0.39, 0.29) is 55.8 Å². The molecular weight excluding hydrogens is 1090 g/mol. The van der Waals surface area contributed by atoms with Crippen molar-refractivity contribution in [2.24, 2.45) is 41.4 Å². The maximum Gasteiger partial charge on any atom is 0.246 e. The Balaban J connectivity index is 4.32. The van der Waals surface area contributed by atoms with Crippen LogP contribution in [0.2, 0.25) is 0 Å². The first-order chi connectivity index (χ1) is 39.2. The van der Waals surface area contributed by atoms with Gasteiger partial charge in [-0.05, 0) is 101 Å². The zero-order valence-electron chi connectivity index (χ0n) is 56.1. The van der Waals surface area contributed by atoms with Crippen LogP contribution in [-0.2, 0) is 52.7 Å². The molecule has 11 amide bonds. The number of aliphatic hydroxyl groups excluding tert-OH is 1. The number of allylic oxidation sites excluding steroid dienone is 2. The molecule has 0 radical (unpaired) electrons. The molecule has 85 heavy (non-hydrogen) atoms. The van der Waals surface area contributed by atoms with Crippen molar-refractivity contribution >= 4 is 65.0 Å². The quantitative estimate of drug-likeness (QED) is 0.148. The number of nitrogens with one attached hydrogen (secondary N) is 4. The van der Waals surface area contributed by atoms with Crippen LogP contribution in [-0.4, -0.2) is 227 Å². The fraction of sp³-hybridized carbons (Fsp3) is 0.790. The van der Waals surface area contributed by atoms with Crippen molar-refractivity contribution in [1.82, 2.24) is 55.6 Å². The van der Waals surface area contributed by atoms with Crippen molar-refractivity contribution in [3.8, 4) is 0 Å². The molecule has 0 aromatic heterocycles. The van der Waals surface area contributed by atoms with Gasteiger partial charge in [0, 0.05) is 49.3 Å². The first kappa shape index (κ1) is 76.9. The molecule has 0 spiro atoms. The van der Waals surface area contributed by atoms with E-state index in [0.29, 0.717) is 6.42 Å². The minimum absolute atomic E-state index is 0.0229. The third kappa shape index (κ3) is 21.7. The van der Waals surface area contributed by atoms with Crippen LogP contribution in [0.3, 0.4) is 0 Å². The maximum absolute atomic E-state index is 15.1. The van der Waals surface area contributed by atoms with Gasteiger partial charge >= 0.3 is 0 Å². The van der Waals surface area contributed by atoms with E-state index in [1.54, 1.807) is 54.5 Å². The molecule has 0 aromatic carbocycles. The molecule has 0 aromatic rings. The Kier molecular flexibility index (Phi) is 31.5. The lowest BCUT2D eigenvalue weighted by Crippen LogP contribution is -2.63. The van der Waals surface area contributed by atoms with E-state index >= 15 is 9.59 Å². The first-order valence-corrected chi connectivity index (χ1v) is 30.6. The van der Waals surface area contributed by atoms with Crippen LogP contribution < -0.4 is 21.3 Å². The van der Waals surface area contributed by atoms with Gasteiger partial charge in [-0.1, -0.05) is 109 Å². The van der Waals surface area contributed by atoms with Crippen molar-refractivity contribution in [1.29, 1.82) is 0 Å². The van der Waals surface area contributed by atoms with Gasteiger partial charge in [-0.25, -0.2) is 0 Å². The molecule has 0 saturated carbocycles. The van der Waals surface area contributed by atoms with E-state index < -0.39 is 156 Å². The monoisotopic (exact) mass is 1200 g/mol. The van der Waals surface area contributed by atoms with Crippen molar-refractivity contribution < 1.29 is 57.8 Å². The van der Waals surface area contributed by atoms with Gasteiger partial charge in [0.05, 0.1) is 12.6 Å². The van der Waals surface area contributed by atoms with E-state index in [0.717, 1.165) is 9.80 Å². The summed E-state index contributed by atoms with van der Waals surface area (Å²) in [6.07, 6.45) is 3.04. The molecule has 1 heterocycles. The van der Waals surface area contributed by atoms with Gasteiger partial charge in [-0.2, -0.15) is 0 Å². The molecular formula is C62H111N11O12. The number of carbonyl (C=O) groups excluding carboxylic acids is 11. The van der Waals surface area contributed by atoms with Crippen molar-refractivity contribution in [2.75, 3.05) is 55.9 Å². The van der Waals surface area contributed by atoms with Gasteiger partial charge in [-0.15, -0.1) is 0 Å². The third-order valence-corrected chi connectivity index (χ3v) is 16.1. The highest BCUT2D eigenvalue weighted by Crippen LogP contribution is 2.26. The van der Waals surface area contributed by atoms with Gasteiger partial charge in [-0.3, -0.25) is 52.7 Å². The molecule has 1 unspecified atom stereocenters. The zero-order chi connectivity index (χ0) is 66.0. The molecule has 23 nitrogen and oxygen atoms in total. The highest BCUT2D eigenvalue weighted by molar-refractivity contribution is 5.99. The van der Waals surface area contributed by atoms with Gasteiger partial charge in [0.1, 0.15) is 60.4 Å². The van der Waals surface area contributed by atoms with Gasteiger partial charge < -0.3 is 60.7 Å². The Bertz CT molecular complexity index is 2330. The smallest absolute Gasteiger partial charge is 0.246 e. The number of rotatable bonds is 15. The molecule has 0 aliphatic carbocycles. The first-order valence-electron chi connectivity index (χ1n) is 30.6. The second kappa shape index (κ2) is 34.9. The van der Waals surface area contributed by atoms with Crippen LogP contribution in [0.4, 0.5) is 0 Å². The molecule has 1 aliphatic rings. The molecule has 486 valence electrons. The standard InChI is InChI=1S/C62H111N11O12/c1-25-27-28-40(15)52(75)51-56(79)65-43(26-2)58(81)67(18)33-48(74)68(19)44(29-34(3)4)55(78)66-49(38(11)12)61(84)69(20)45(30-35(5)6)54(77)63-41(16)53(76)64-42(17)57(80)70(21)46(31-36(7)8)59(82)71(22)47(32-37(9)10)60(83)72(23)50(39(13)14)62(85)73(51)24/h25,27,34-47,49-52,75H,26,28-33H2,1-24H3,(H,63,77)(H,64,76)(H,65,79)(H,66,78)/b27-25+/t40-,41+,42-,43+,44+,45+,46+,47+,49?,50+,51+,52-/m1/s1. The third-order valence-electron chi connectivity index (χ3n) is 16.1. The highest BCUT2D eigenvalue weighted by atomic mass is 16.3. The molecule has 1 fully saturated rings. The van der Waals surface area contributed by atoms with Gasteiger partial charge in [0.2, 0.25) is 65.0 Å². The Morgan fingerprint density at radius 3 is 1.32 bits per heavy atom. The topological polar surface area (TPSA) is 279 Å². The molecule has 12 atom stereocenters. The van der Waals surface area contributed by atoms with Crippen LogP contribution in [0, 0.1) is 41.4 Å². The van der Waals surface area contributed by atoms with Crippen LogP contribution in [0.15, 0.2) is 12.2 Å². The minimum atomic E-state index is -1.61. The van der Waals surface area contributed by atoms with E-state index in [2.05, 4.69) is 21.3 Å². The molecule has 5 N–H and O–H groups in total. The number of hydrogen-bond donors (Lipinski definition) is 5. The number of aliphatic hydroxyl groups is 1. The summed E-state index contributed by atoms with van der Waals surface area (Å²) in [5, 5.41) is 23.1. The van der Waals surface area contributed by atoms with Crippen molar-refractivity contribution in [2.45, 2.75) is 223 Å². The average molecular weight is 1200 g/mol. The number of hydrogen-bond acceptors (Lipinski definition) is 12. The summed E-state index contributed by atoms with van der Waals surface area (Å²) < 4.78 is 0. The zero-order valence-corrected chi connectivity index (χ0v) is 56.1. The molecule has 1 aliphatic heterocycles. The largest absolute Gasteiger partial charge is 0.390 e. The van der Waals surface area contributed by atoms with E-state index in [9.17, 15) is 48.3 Å². The van der Waals surface area contributed by atoms with Crippen LogP contribution >= 0.6 is 0 Å². The van der Waals surface area contributed by atoms with E-state index in [1.807, 2.05) is 61.5 Å². The number of nitrogens with zero attached hydrogens (tertiary/aromatic N) is 7. The SMILES string of the molecule is C/C=C/C[C@@H](C)[C@@H](O)[C@H]1C(=O)N[C@@H](CC)C(=O)N(C)CC(=O)N(C)[C@@H](CC(C)C)C(=O)NC(C(C)C)C(=O)N(C)[C@@H](CC(C)C)C(=O)N[C@@H](C)C(=O)N[C@H](C)C(=O)N(C)[C@@H](CC(C)C)C(=O)N(C)[C@@H](CC(C)C)C(=O)N(C)[C@@H](C(C)C)C(=O)N1C. The second-order valence-corrected chi connectivity index (χ2v) is 26.1. The molecule has 23 heteroatoms. The van der Waals surface area contributed by atoms with Crippen molar-refractivity contribution in [3.05, 3.63) is 12.2 Å². The van der Waals surface area contributed by atoms with Crippen LogP contribution in [0.1, 0.15) is 156 Å². The predicted molar refractivity (Wildman–Crippen MR) is 328 cm³/mol. The summed E-state index contributed by atoms with van der Waals surface area (Å²) in [7, 11) is 9.92. The number of amides is 11. The Labute approximate surface area is 508 Å². The lowest BCUT2D eigenvalue weighted by Gasteiger charge is -2.41.